The SMILES string of the molecule is [2H]C([2H])(c1cccc(C(=O)NC)n1)N1CC(n2ncc3c4cccc(Nc5cc(NC(=O)C6CC6)nnc5C(=O)NC)c4n(C)c(=O)c32)C1. The summed E-state index contributed by atoms with van der Waals surface area (Å²) in [6, 6.07) is 11.4. The minimum atomic E-state index is -1.96. The molecule has 1 aromatic carbocycles. The van der Waals surface area contributed by atoms with E-state index in [4.69, 9.17) is 2.74 Å². The lowest BCUT2D eigenvalue weighted by Crippen LogP contribution is -2.47. The molecule has 2 fully saturated rings. The van der Waals surface area contributed by atoms with Gasteiger partial charge in [-0.25, -0.2) is 4.98 Å². The van der Waals surface area contributed by atoms with Gasteiger partial charge >= 0.3 is 0 Å². The third-order valence-electron chi connectivity index (χ3n) is 8.36. The van der Waals surface area contributed by atoms with E-state index in [1.807, 2.05) is 12.1 Å². The Morgan fingerprint density at radius 3 is 2.47 bits per heavy atom. The minimum absolute atomic E-state index is 0.00720. The van der Waals surface area contributed by atoms with Crippen molar-refractivity contribution in [2.24, 2.45) is 13.0 Å². The predicted molar refractivity (Wildman–Crippen MR) is 174 cm³/mol. The highest BCUT2D eigenvalue weighted by atomic mass is 16.2. The number of aromatic nitrogens is 6. The summed E-state index contributed by atoms with van der Waals surface area (Å²) in [7, 11) is 4.61. The molecular formula is C32H33N11O4. The minimum Gasteiger partial charge on any atom is -0.354 e. The van der Waals surface area contributed by atoms with E-state index in [0.29, 0.717) is 22.1 Å². The van der Waals surface area contributed by atoms with Crippen molar-refractivity contribution in [1.82, 2.24) is 45.1 Å². The van der Waals surface area contributed by atoms with Crippen molar-refractivity contribution >= 4 is 56.7 Å². The average molecular weight is 638 g/mol. The summed E-state index contributed by atoms with van der Waals surface area (Å²) in [5.74, 6) is -0.908. The zero-order chi connectivity index (χ0) is 34.6. The Morgan fingerprint density at radius 1 is 0.957 bits per heavy atom. The molecule has 4 N–H and O–H groups in total. The molecule has 5 aromatic rings. The van der Waals surface area contributed by atoms with Gasteiger partial charge in [-0.1, -0.05) is 18.2 Å². The lowest BCUT2D eigenvalue weighted by molar-refractivity contribution is -0.117. The Hall–Kier alpha value is -5.70. The number of hydrogen-bond donors (Lipinski definition) is 4. The Balaban J connectivity index is 1.20. The van der Waals surface area contributed by atoms with Crippen LogP contribution in [-0.2, 0) is 18.3 Å². The molecule has 240 valence electrons. The third kappa shape index (κ3) is 5.54. The zero-order valence-electron chi connectivity index (χ0n) is 27.9. The largest absolute Gasteiger partial charge is 0.354 e. The summed E-state index contributed by atoms with van der Waals surface area (Å²) >= 11 is 0. The van der Waals surface area contributed by atoms with Gasteiger partial charge in [0, 0.05) is 66.2 Å². The van der Waals surface area contributed by atoms with Crippen LogP contribution in [0.15, 0.2) is 53.5 Å². The smallest absolute Gasteiger partial charge is 0.277 e. The first-order chi connectivity index (χ1) is 23.5. The second kappa shape index (κ2) is 11.9. The first-order valence-corrected chi connectivity index (χ1v) is 15.1. The standard InChI is InChI=1S/C32H33N11O4/c1-33-30(45)23-9-4-6-18(36-23)14-42-15-19(16-42)43-28-21(13-35-43)20-7-5-8-22(27(20)41(3)32(28)47)37-24-12-25(38-29(44)17-10-11-17)39-40-26(24)31(46)34-2/h4-9,12-13,17,19H,10-11,14-16H2,1-3H3,(H,33,45)(H,34,46)(H2,37,38,39,44)/i14D2. The second-order valence-electron chi connectivity index (χ2n) is 11.5. The van der Waals surface area contributed by atoms with Crippen LogP contribution in [0.1, 0.15) is 48.3 Å². The number of pyridine rings is 2. The van der Waals surface area contributed by atoms with Crippen molar-refractivity contribution in [3.8, 4) is 0 Å². The number of anilines is 3. The average Bonchev–Trinajstić information content (AvgIpc) is 3.85. The number of nitrogens with zero attached hydrogens (tertiary/aromatic N) is 7. The second-order valence-corrected chi connectivity index (χ2v) is 11.5. The van der Waals surface area contributed by atoms with Crippen molar-refractivity contribution in [3.05, 3.63) is 76.1 Å². The van der Waals surface area contributed by atoms with E-state index in [9.17, 15) is 19.2 Å². The van der Waals surface area contributed by atoms with Crippen molar-refractivity contribution in [2.45, 2.75) is 25.4 Å². The quantitative estimate of drug-likeness (QED) is 0.187. The number of aryl methyl sites for hydroxylation is 1. The maximum Gasteiger partial charge on any atom is 0.277 e. The number of likely N-dealkylation sites (tertiary alicyclic amines) is 1. The van der Waals surface area contributed by atoms with E-state index >= 15 is 0 Å². The summed E-state index contributed by atoms with van der Waals surface area (Å²) < 4.78 is 20.7. The van der Waals surface area contributed by atoms with Crippen molar-refractivity contribution in [3.63, 3.8) is 0 Å². The first-order valence-electron chi connectivity index (χ1n) is 16.1. The van der Waals surface area contributed by atoms with Crippen LogP contribution in [0.25, 0.3) is 21.8 Å². The number of carbonyl (C=O) groups excluding carboxylic acids is 3. The summed E-state index contributed by atoms with van der Waals surface area (Å²) in [6.07, 6.45) is 3.26. The van der Waals surface area contributed by atoms with Crippen molar-refractivity contribution in [1.29, 1.82) is 0 Å². The topological polar surface area (TPSA) is 181 Å². The van der Waals surface area contributed by atoms with Gasteiger partial charge in [-0.05, 0) is 31.0 Å². The lowest BCUT2D eigenvalue weighted by atomic mass is 10.1. The molecule has 0 atom stereocenters. The van der Waals surface area contributed by atoms with Gasteiger partial charge in [-0.3, -0.25) is 28.8 Å². The van der Waals surface area contributed by atoms with Gasteiger partial charge in [0.1, 0.15) is 11.2 Å². The van der Waals surface area contributed by atoms with E-state index in [1.54, 1.807) is 41.0 Å². The first kappa shape index (κ1) is 27.6. The van der Waals surface area contributed by atoms with Gasteiger partial charge in [0.15, 0.2) is 11.5 Å². The predicted octanol–water partition coefficient (Wildman–Crippen LogP) is 1.94. The number of benzene rings is 1. The van der Waals surface area contributed by atoms with Crippen LogP contribution in [0.5, 0.6) is 0 Å². The molecule has 7 rings (SSSR count). The van der Waals surface area contributed by atoms with Crippen molar-refractivity contribution < 1.29 is 17.1 Å². The summed E-state index contributed by atoms with van der Waals surface area (Å²) in [4.78, 5) is 57.0. The number of fused-ring (bicyclic) bond motifs is 3. The maximum absolute atomic E-state index is 14.0. The zero-order valence-corrected chi connectivity index (χ0v) is 25.9. The van der Waals surface area contributed by atoms with E-state index in [-0.39, 0.29) is 65.1 Å². The summed E-state index contributed by atoms with van der Waals surface area (Å²) in [5, 5.41) is 25.1. The van der Waals surface area contributed by atoms with E-state index in [0.717, 1.165) is 18.2 Å². The van der Waals surface area contributed by atoms with Crippen LogP contribution >= 0.6 is 0 Å². The van der Waals surface area contributed by atoms with Crippen LogP contribution in [0.2, 0.25) is 0 Å². The van der Waals surface area contributed by atoms with Crippen LogP contribution in [0.4, 0.5) is 17.2 Å². The van der Waals surface area contributed by atoms with E-state index < -0.39 is 18.3 Å². The molecule has 0 bridgehead atoms. The van der Waals surface area contributed by atoms with Gasteiger partial charge in [0.2, 0.25) is 5.91 Å². The van der Waals surface area contributed by atoms with Crippen molar-refractivity contribution in [2.75, 3.05) is 37.8 Å². The Labute approximate surface area is 271 Å². The fourth-order valence-electron chi connectivity index (χ4n) is 5.70. The highest BCUT2D eigenvalue weighted by Gasteiger charge is 2.32. The molecule has 1 aliphatic heterocycles. The molecule has 5 heterocycles. The van der Waals surface area contributed by atoms with Gasteiger partial charge in [-0.2, -0.15) is 5.10 Å². The molecule has 15 heteroatoms. The van der Waals surface area contributed by atoms with Crippen LogP contribution in [-0.4, -0.2) is 79.3 Å². The van der Waals surface area contributed by atoms with Gasteiger partial charge in [-0.15, -0.1) is 10.2 Å². The van der Waals surface area contributed by atoms with Crippen LogP contribution in [0.3, 0.4) is 0 Å². The fourth-order valence-corrected chi connectivity index (χ4v) is 5.70. The molecule has 1 aliphatic carbocycles. The molecule has 47 heavy (non-hydrogen) atoms. The Kier molecular flexibility index (Phi) is 6.99. The molecule has 0 radical (unpaired) electrons. The Morgan fingerprint density at radius 2 is 1.72 bits per heavy atom. The number of carbonyl (C=O) groups is 3. The molecule has 1 saturated heterocycles. The molecule has 1 saturated carbocycles. The highest BCUT2D eigenvalue weighted by molar-refractivity contribution is 6.09. The summed E-state index contributed by atoms with van der Waals surface area (Å²) in [6.45, 7) is -1.44. The molecule has 0 unspecified atom stereocenters. The number of para-hydroxylation sites is 1. The molecular weight excluding hydrogens is 602 g/mol. The van der Waals surface area contributed by atoms with Gasteiger partial charge < -0.3 is 25.8 Å². The Bertz CT molecular complexity index is 2220. The molecule has 2 aliphatic rings. The molecule has 3 amide bonds. The summed E-state index contributed by atoms with van der Waals surface area (Å²) in [5.41, 5.74) is 1.65. The third-order valence-corrected chi connectivity index (χ3v) is 8.36. The van der Waals surface area contributed by atoms with Crippen LogP contribution in [0, 0.1) is 5.92 Å². The number of hydrogen-bond acceptors (Lipinski definition) is 10. The van der Waals surface area contributed by atoms with Crippen LogP contribution < -0.4 is 26.8 Å². The number of nitrogens with one attached hydrogen (secondary N) is 4. The molecule has 15 nitrogen and oxygen atoms in total. The normalized spacial score (nSPS) is 15.9. The number of amides is 3. The van der Waals surface area contributed by atoms with E-state index in [1.165, 1.54) is 30.8 Å². The maximum atomic E-state index is 14.0. The van der Waals surface area contributed by atoms with Gasteiger partial charge in [0.25, 0.3) is 17.4 Å². The molecule has 0 spiro atoms. The van der Waals surface area contributed by atoms with E-state index in [2.05, 4.69) is 41.5 Å². The van der Waals surface area contributed by atoms with Gasteiger partial charge in [0.05, 0.1) is 34.8 Å². The monoisotopic (exact) mass is 637 g/mol. The highest BCUT2D eigenvalue weighted by Crippen LogP contribution is 2.34. The lowest BCUT2D eigenvalue weighted by Gasteiger charge is -2.39. The number of rotatable bonds is 9. The molecule has 4 aromatic heterocycles. The fraction of sp³-hybridized carbons (Fsp3) is 0.312.